The van der Waals surface area contributed by atoms with Crippen molar-refractivity contribution < 1.29 is 14.5 Å². The molecule has 0 radical (unpaired) electrons. The first-order valence-electron chi connectivity index (χ1n) is 10.4. The molecule has 4 aliphatic rings. The molecule has 0 N–H and O–H groups in total. The van der Waals surface area contributed by atoms with Gasteiger partial charge in [-0.3, -0.25) is 24.6 Å². The van der Waals surface area contributed by atoms with Crippen LogP contribution in [0.3, 0.4) is 0 Å². The molecule has 2 saturated carbocycles. The summed E-state index contributed by atoms with van der Waals surface area (Å²) in [5.74, 6) is -1.20. The molecule has 6 rings (SSSR count). The predicted octanol–water partition coefficient (Wildman–Crippen LogP) is 2.97. The maximum absolute atomic E-state index is 13.3. The van der Waals surface area contributed by atoms with Crippen LogP contribution in [-0.4, -0.2) is 33.7 Å². The maximum atomic E-state index is 13.3. The van der Waals surface area contributed by atoms with Crippen LogP contribution in [0.1, 0.15) is 12.0 Å². The summed E-state index contributed by atoms with van der Waals surface area (Å²) in [6.07, 6.45) is 0.720. The summed E-state index contributed by atoms with van der Waals surface area (Å²) < 4.78 is 0. The Balaban J connectivity index is 1.32. The van der Waals surface area contributed by atoms with Crippen molar-refractivity contribution in [1.29, 1.82) is 0 Å². The van der Waals surface area contributed by atoms with Gasteiger partial charge in [0, 0.05) is 6.07 Å². The van der Waals surface area contributed by atoms with Crippen molar-refractivity contribution in [3.8, 4) is 0 Å². The minimum absolute atomic E-state index is 0.0408. The molecule has 2 aromatic rings. The molecule has 0 spiro atoms. The van der Waals surface area contributed by atoms with Crippen molar-refractivity contribution in [2.24, 2.45) is 34.0 Å². The molecule has 9 nitrogen and oxygen atoms in total. The minimum atomic E-state index is -0.431. The maximum Gasteiger partial charge on any atom is 0.294 e. The van der Waals surface area contributed by atoms with Crippen molar-refractivity contribution in [3.63, 3.8) is 0 Å². The number of fused-ring (bicyclic) bond motifs is 8. The van der Waals surface area contributed by atoms with E-state index in [-0.39, 0.29) is 53.9 Å². The molecular weight excluding hydrogens is 398 g/mol. The molecule has 0 unspecified atom stereocenters. The van der Waals surface area contributed by atoms with Gasteiger partial charge in [0.25, 0.3) is 5.69 Å². The molecule has 2 aliphatic heterocycles. The first kappa shape index (κ1) is 18.2. The Morgan fingerprint density at radius 1 is 0.968 bits per heavy atom. The summed E-state index contributed by atoms with van der Waals surface area (Å²) in [5, 5.41) is 21.8. The summed E-state index contributed by atoms with van der Waals surface area (Å²) in [6, 6.07) is 15.5. The lowest BCUT2D eigenvalue weighted by atomic mass is 9.76. The van der Waals surface area contributed by atoms with Gasteiger partial charge in [0.1, 0.15) is 5.69 Å². The Kier molecular flexibility index (Phi) is 3.77. The Labute approximate surface area is 177 Å². The second-order valence-corrected chi connectivity index (χ2v) is 8.64. The predicted molar refractivity (Wildman–Crippen MR) is 109 cm³/mol. The molecule has 2 aliphatic carbocycles. The molecule has 156 valence electrons. The molecule has 9 heteroatoms. The Morgan fingerprint density at radius 3 is 2.39 bits per heavy atom. The Morgan fingerprint density at radius 2 is 1.65 bits per heavy atom. The van der Waals surface area contributed by atoms with E-state index in [0.717, 1.165) is 12.0 Å². The number of amides is 2. The molecular formula is C22H19N5O4. The average Bonchev–Trinajstić information content (AvgIpc) is 3.51. The first-order chi connectivity index (χ1) is 15.1. The highest BCUT2D eigenvalue weighted by molar-refractivity contribution is 6.06. The lowest BCUT2D eigenvalue weighted by molar-refractivity contribution is -0.384. The third kappa shape index (κ3) is 2.43. The molecule has 2 aromatic carbocycles. The largest absolute Gasteiger partial charge is 0.294 e. The third-order valence-electron chi connectivity index (χ3n) is 7.26. The smallest absolute Gasteiger partial charge is 0.278 e. The zero-order chi connectivity index (χ0) is 21.3. The highest BCUT2D eigenvalue weighted by atomic mass is 16.6. The van der Waals surface area contributed by atoms with Crippen LogP contribution >= 0.6 is 0 Å². The van der Waals surface area contributed by atoms with E-state index in [0.29, 0.717) is 5.69 Å². The van der Waals surface area contributed by atoms with Gasteiger partial charge in [-0.1, -0.05) is 47.7 Å². The van der Waals surface area contributed by atoms with Gasteiger partial charge >= 0.3 is 0 Å². The van der Waals surface area contributed by atoms with Gasteiger partial charge < -0.3 is 0 Å². The number of para-hydroxylation sites is 2. The Hall–Kier alpha value is -3.62. The number of likely N-dealkylation sites (tertiary alicyclic amines) is 1. The topological polar surface area (TPSA) is 108 Å². The number of anilines is 1. The van der Waals surface area contributed by atoms with E-state index in [1.807, 2.05) is 30.3 Å². The van der Waals surface area contributed by atoms with Crippen LogP contribution in [0.2, 0.25) is 0 Å². The SMILES string of the molecule is O=C1[C@@H]2[C@H]3C[C@@H]([C@@H]2C(=O)N1Cc1ccccc1)[C@@H]1[C@H]3N=NN1c1ccccc1[N+](=O)[O-]. The second-order valence-electron chi connectivity index (χ2n) is 8.64. The van der Waals surface area contributed by atoms with Crippen LogP contribution in [0.15, 0.2) is 64.9 Å². The number of benzene rings is 2. The van der Waals surface area contributed by atoms with Gasteiger partial charge in [-0.05, 0) is 29.9 Å². The third-order valence-corrected chi connectivity index (χ3v) is 7.26. The number of hydrogen-bond donors (Lipinski definition) is 0. The molecule has 2 bridgehead atoms. The molecule has 2 amide bonds. The number of nitro groups is 1. The molecule has 6 atom stereocenters. The quantitative estimate of drug-likeness (QED) is 0.432. The van der Waals surface area contributed by atoms with Crippen LogP contribution in [0.5, 0.6) is 0 Å². The van der Waals surface area contributed by atoms with E-state index >= 15 is 0 Å². The molecule has 2 heterocycles. The van der Waals surface area contributed by atoms with E-state index in [1.165, 1.54) is 11.0 Å². The van der Waals surface area contributed by atoms with Gasteiger partial charge in [0.05, 0.1) is 35.4 Å². The zero-order valence-corrected chi connectivity index (χ0v) is 16.4. The van der Waals surface area contributed by atoms with Crippen LogP contribution in [-0.2, 0) is 16.1 Å². The van der Waals surface area contributed by atoms with E-state index in [9.17, 15) is 19.7 Å². The van der Waals surface area contributed by atoms with E-state index in [1.54, 1.807) is 23.2 Å². The number of nitrogens with zero attached hydrogens (tertiary/aromatic N) is 5. The fourth-order valence-corrected chi connectivity index (χ4v) is 6.09. The van der Waals surface area contributed by atoms with Gasteiger partial charge in [0.15, 0.2) is 0 Å². The summed E-state index contributed by atoms with van der Waals surface area (Å²) in [7, 11) is 0. The average molecular weight is 417 g/mol. The summed E-state index contributed by atoms with van der Waals surface area (Å²) in [4.78, 5) is 39.0. The highest BCUT2D eigenvalue weighted by Crippen LogP contribution is 2.60. The van der Waals surface area contributed by atoms with Crippen molar-refractivity contribution in [3.05, 3.63) is 70.3 Å². The Bertz CT molecular complexity index is 1140. The van der Waals surface area contributed by atoms with E-state index in [4.69, 9.17) is 0 Å². The van der Waals surface area contributed by atoms with Crippen molar-refractivity contribution >= 4 is 23.2 Å². The van der Waals surface area contributed by atoms with Crippen molar-refractivity contribution in [2.75, 3.05) is 5.01 Å². The van der Waals surface area contributed by atoms with Crippen LogP contribution in [0, 0.1) is 33.8 Å². The second kappa shape index (κ2) is 6.44. The standard InChI is InChI=1S/C22H19N5O4/c28-21-17-13-10-14(18(17)22(29)25(21)11-12-6-2-1-3-7-12)20-19(13)23-24-26(20)15-8-4-5-9-16(15)27(30)31/h1-9,13-14,17-20H,10-11H2/t13-,14+,17-,18+,19+,20-/m1/s1. The summed E-state index contributed by atoms with van der Waals surface area (Å²) in [6.45, 7) is 0.273. The fourth-order valence-electron chi connectivity index (χ4n) is 6.09. The number of imide groups is 1. The molecule has 0 aromatic heterocycles. The lowest BCUT2D eigenvalue weighted by Crippen LogP contribution is -2.47. The van der Waals surface area contributed by atoms with Crippen LogP contribution in [0.25, 0.3) is 0 Å². The normalized spacial score (nSPS) is 32.6. The van der Waals surface area contributed by atoms with Crippen LogP contribution in [0.4, 0.5) is 11.4 Å². The van der Waals surface area contributed by atoms with E-state index < -0.39 is 10.8 Å². The van der Waals surface area contributed by atoms with Crippen LogP contribution < -0.4 is 5.01 Å². The van der Waals surface area contributed by atoms with Gasteiger partial charge in [-0.2, -0.15) is 5.11 Å². The zero-order valence-electron chi connectivity index (χ0n) is 16.4. The summed E-state index contributed by atoms with van der Waals surface area (Å²) >= 11 is 0. The van der Waals surface area contributed by atoms with Crippen molar-refractivity contribution in [1.82, 2.24) is 4.90 Å². The number of hydrogen-bond acceptors (Lipinski definition) is 7. The minimum Gasteiger partial charge on any atom is -0.278 e. The number of nitro benzene ring substituents is 1. The number of carbonyl (C=O) groups is 2. The van der Waals surface area contributed by atoms with Gasteiger partial charge in [0.2, 0.25) is 11.8 Å². The fraction of sp³-hybridized carbons (Fsp3) is 0.364. The first-order valence-corrected chi connectivity index (χ1v) is 10.4. The molecule has 3 fully saturated rings. The lowest BCUT2D eigenvalue weighted by Gasteiger charge is -2.33. The number of rotatable bonds is 4. The molecule has 31 heavy (non-hydrogen) atoms. The summed E-state index contributed by atoms with van der Waals surface area (Å²) in [5.41, 5.74) is 1.25. The monoisotopic (exact) mass is 417 g/mol. The van der Waals surface area contributed by atoms with Gasteiger partial charge in [-0.25, -0.2) is 5.01 Å². The van der Waals surface area contributed by atoms with E-state index in [2.05, 4.69) is 10.3 Å². The molecule has 1 saturated heterocycles. The van der Waals surface area contributed by atoms with Gasteiger partial charge in [-0.15, -0.1) is 0 Å². The number of carbonyl (C=O) groups excluding carboxylic acids is 2. The van der Waals surface area contributed by atoms with Crippen molar-refractivity contribution in [2.45, 2.75) is 25.0 Å². The highest BCUT2D eigenvalue weighted by Gasteiger charge is 2.70.